The van der Waals surface area contributed by atoms with E-state index in [4.69, 9.17) is 0 Å². The molecule has 0 saturated carbocycles. The summed E-state index contributed by atoms with van der Waals surface area (Å²) < 4.78 is 0. The summed E-state index contributed by atoms with van der Waals surface area (Å²) >= 11 is 0. The average molecular weight is 525 g/mol. The van der Waals surface area contributed by atoms with E-state index in [9.17, 15) is 9.59 Å². The quantitative estimate of drug-likeness (QED) is 0.300. The van der Waals surface area contributed by atoms with Crippen LogP contribution in [0, 0.1) is 0 Å². The minimum atomic E-state index is -0.195. The van der Waals surface area contributed by atoms with Crippen LogP contribution in [0.2, 0.25) is 0 Å². The highest BCUT2D eigenvalue weighted by Gasteiger charge is 2.24. The van der Waals surface area contributed by atoms with E-state index >= 15 is 0 Å². The number of hydrogen-bond acceptors (Lipinski definition) is 7. The van der Waals surface area contributed by atoms with Crippen molar-refractivity contribution in [1.29, 1.82) is 0 Å². The maximum Gasteiger partial charge on any atom is 0.253 e. The molecule has 2 amide bonds. The Labute approximate surface area is 227 Å². The Morgan fingerprint density at radius 2 is 1.87 bits per heavy atom. The number of aromatic amines is 1. The van der Waals surface area contributed by atoms with Crippen molar-refractivity contribution in [3.05, 3.63) is 78.9 Å². The van der Waals surface area contributed by atoms with Gasteiger partial charge in [-0.15, -0.1) is 0 Å². The number of nitrogens with one attached hydrogen (secondary N) is 3. The second kappa shape index (κ2) is 11.9. The zero-order chi connectivity index (χ0) is 27.2. The zero-order valence-corrected chi connectivity index (χ0v) is 22.1. The lowest BCUT2D eigenvalue weighted by Gasteiger charge is -2.32. The molecule has 4 aromatic rings. The molecule has 3 aromatic heterocycles. The number of carbonyl (C=O) groups excluding carboxylic acids is 2. The highest BCUT2D eigenvalue weighted by atomic mass is 16.2. The minimum absolute atomic E-state index is 0.00539. The van der Waals surface area contributed by atoms with Gasteiger partial charge in [0.1, 0.15) is 17.8 Å². The Bertz CT molecular complexity index is 1470. The van der Waals surface area contributed by atoms with Crippen molar-refractivity contribution in [2.24, 2.45) is 0 Å². The fourth-order valence-electron chi connectivity index (χ4n) is 4.54. The first-order chi connectivity index (χ1) is 18.9. The van der Waals surface area contributed by atoms with E-state index in [1.807, 2.05) is 42.2 Å². The molecule has 1 aliphatic rings. The van der Waals surface area contributed by atoms with Crippen LogP contribution in [0.1, 0.15) is 23.2 Å². The fraction of sp³-hybridized carbons (Fsp3) is 0.276. The lowest BCUT2D eigenvalue weighted by Crippen LogP contribution is -2.42. The van der Waals surface area contributed by atoms with Gasteiger partial charge in [0.2, 0.25) is 5.91 Å². The molecule has 1 aromatic carbocycles. The third kappa shape index (κ3) is 6.66. The van der Waals surface area contributed by atoms with Crippen molar-refractivity contribution in [3.63, 3.8) is 0 Å². The number of H-pyrrole nitrogens is 1. The van der Waals surface area contributed by atoms with Gasteiger partial charge in [0.05, 0.1) is 5.69 Å². The highest BCUT2D eigenvalue weighted by molar-refractivity contribution is 6.00. The SMILES string of the molecule is CN(C)C/C=C/C(=O)Nc1ccc(C(=O)N2CCC(Nc3cc(-c4cnc5[nH]ccc5c4)ncn3)CC2)cc1. The number of fused-ring (bicyclic) bond motifs is 1. The largest absolute Gasteiger partial charge is 0.367 e. The molecule has 10 heteroatoms. The number of benzene rings is 1. The minimum Gasteiger partial charge on any atom is -0.367 e. The third-order valence-corrected chi connectivity index (χ3v) is 6.64. The van der Waals surface area contributed by atoms with Crippen molar-refractivity contribution in [1.82, 2.24) is 29.7 Å². The van der Waals surface area contributed by atoms with Crippen molar-refractivity contribution in [2.45, 2.75) is 18.9 Å². The van der Waals surface area contributed by atoms with Crippen LogP contribution in [0.25, 0.3) is 22.3 Å². The van der Waals surface area contributed by atoms with Crippen molar-refractivity contribution < 1.29 is 9.59 Å². The molecule has 0 spiro atoms. The summed E-state index contributed by atoms with van der Waals surface area (Å²) in [5.41, 5.74) is 3.84. The number of hydrogen-bond donors (Lipinski definition) is 3. The van der Waals surface area contributed by atoms with Gasteiger partial charge < -0.3 is 25.4 Å². The molecule has 0 radical (unpaired) electrons. The predicted molar refractivity (Wildman–Crippen MR) is 152 cm³/mol. The normalized spacial score (nSPS) is 14.3. The number of pyridine rings is 1. The number of aromatic nitrogens is 4. The highest BCUT2D eigenvalue weighted by Crippen LogP contribution is 2.23. The summed E-state index contributed by atoms with van der Waals surface area (Å²) in [4.78, 5) is 45.3. The van der Waals surface area contributed by atoms with Gasteiger partial charge >= 0.3 is 0 Å². The zero-order valence-electron chi connectivity index (χ0n) is 22.1. The second-order valence-electron chi connectivity index (χ2n) is 9.87. The lowest BCUT2D eigenvalue weighted by molar-refractivity contribution is -0.111. The maximum atomic E-state index is 13.1. The van der Waals surface area contributed by atoms with Gasteiger partial charge in [0, 0.05) is 72.4 Å². The Balaban J connectivity index is 1.13. The number of carbonyl (C=O) groups is 2. The first-order valence-corrected chi connectivity index (χ1v) is 13.0. The predicted octanol–water partition coefficient (Wildman–Crippen LogP) is 3.79. The van der Waals surface area contributed by atoms with Gasteiger partial charge in [-0.05, 0) is 63.3 Å². The molecule has 0 atom stereocenters. The number of rotatable bonds is 8. The van der Waals surface area contributed by atoms with Gasteiger partial charge in [-0.25, -0.2) is 15.0 Å². The maximum absolute atomic E-state index is 13.1. The van der Waals surface area contributed by atoms with Crippen molar-refractivity contribution in [2.75, 3.05) is 44.4 Å². The Morgan fingerprint density at radius 1 is 1.08 bits per heavy atom. The van der Waals surface area contributed by atoms with E-state index in [0.29, 0.717) is 30.9 Å². The van der Waals surface area contributed by atoms with E-state index in [0.717, 1.165) is 41.0 Å². The van der Waals surface area contributed by atoms with Crippen LogP contribution in [0.5, 0.6) is 0 Å². The van der Waals surface area contributed by atoms with E-state index in [1.165, 1.54) is 6.08 Å². The second-order valence-corrected chi connectivity index (χ2v) is 9.87. The number of nitrogens with zero attached hydrogens (tertiary/aromatic N) is 5. The first-order valence-electron chi connectivity index (χ1n) is 13.0. The Morgan fingerprint density at radius 3 is 2.64 bits per heavy atom. The number of likely N-dealkylation sites (tertiary alicyclic amines) is 1. The van der Waals surface area contributed by atoms with Crippen LogP contribution in [-0.4, -0.2) is 81.3 Å². The summed E-state index contributed by atoms with van der Waals surface area (Å²) in [5.74, 6) is 0.557. The standard InChI is InChI=1S/C29H32N8O2/c1-36(2)13-3-4-27(38)35-23-7-5-20(6-8-23)29(39)37-14-10-24(11-15-37)34-26-17-25(32-19-33-26)22-16-21-9-12-30-28(21)31-18-22/h3-9,12,16-19,24H,10-11,13-15H2,1-2H3,(H,30,31)(H,35,38)(H,32,33,34)/b4-3+. The molecular weight excluding hydrogens is 492 g/mol. The molecule has 39 heavy (non-hydrogen) atoms. The van der Waals surface area contributed by atoms with Crippen molar-refractivity contribution >= 4 is 34.4 Å². The lowest BCUT2D eigenvalue weighted by atomic mass is 10.0. The van der Waals surface area contributed by atoms with E-state index in [1.54, 1.807) is 42.9 Å². The summed E-state index contributed by atoms with van der Waals surface area (Å²) in [6, 6.07) is 13.2. The summed E-state index contributed by atoms with van der Waals surface area (Å²) in [6.45, 7) is 1.99. The van der Waals surface area contributed by atoms with Crippen molar-refractivity contribution in [3.8, 4) is 11.3 Å². The Kier molecular flexibility index (Phi) is 7.93. The third-order valence-electron chi connectivity index (χ3n) is 6.64. The van der Waals surface area contributed by atoms with Gasteiger partial charge in [0.15, 0.2) is 0 Å². The monoisotopic (exact) mass is 524 g/mol. The fourth-order valence-corrected chi connectivity index (χ4v) is 4.54. The first kappa shape index (κ1) is 26.1. The van der Waals surface area contributed by atoms with Crippen LogP contribution in [-0.2, 0) is 4.79 Å². The van der Waals surface area contributed by atoms with Crippen LogP contribution in [0.15, 0.2) is 73.3 Å². The molecule has 200 valence electrons. The Hall–Kier alpha value is -4.57. The van der Waals surface area contributed by atoms with E-state index in [2.05, 4.69) is 36.6 Å². The number of piperidine rings is 1. The molecule has 0 aliphatic carbocycles. The van der Waals surface area contributed by atoms with E-state index in [-0.39, 0.29) is 17.9 Å². The molecule has 5 rings (SSSR count). The molecular formula is C29H32N8O2. The molecule has 0 unspecified atom stereocenters. The van der Waals surface area contributed by atoms with Crippen LogP contribution in [0.4, 0.5) is 11.5 Å². The van der Waals surface area contributed by atoms with Gasteiger partial charge in [-0.3, -0.25) is 9.59 Å². The molecule has 0 bridgehead atoms. The topological polar surface area (TPSA) is 119 Å². The number of anilines is 2. The molecule has 1 aliphatic heterocycles. The molecule has 1 saturated heterocycles. The molecule has 1 fully saturated rings. The average Bonchev–Trinajstić information content (AvgIpc) is 3.42. The molecule has 4 heterocycles. The van der Waals surface area contributed by atoms with Gasteiger partial charge in [-0.2, -0.15) is 0 Å². The summed E-state index contributed by atoms with van der Waals surface area (Å²) in [6.07, 6.45) is 10.2. The number of amides is 2. The summed E-state index contributed by atoms with van der Waals surface area (Å²) in [7, 11) is 3.88. The number of likely N-dealkylation sites (N-methyl/N-ethyl adjacent to an activating group) is 1. The van der Waals surface area contributed by atoms with E-state index < -0.39 is 0 Å². The van der Waals surface area contributed by atoms with Crippen LogP contribution >= 0.6 is 0 Å². The smallest absolute Gasteiger partial charge is 0.253 e. The van der Waals surface area contributed by atoms with Crippen LogP contribution in [0.3, 0.4) is 0 Å². The van der Waals surface area contributed by atoms with Crippen LogP contribution < -0.4 is 10.6 Å². The van der Waals surface area contributed by atoms with Gasteiger partial charge in [-0.1, -0.05) is 6.08 Å². The summed E-state index contributed by atoms with van der Waals surface area (Å²) in [5, 5.41) is 7.36. The molecule has 10 nitrogen and oxygen atoms in total. The molecule has 3 N–H and O–H groups in total. The van der Waals surface area contributed by atoms with Gasteiger partial charge in [0.25, 0.3) is 5.91 Å².